The monoisotopic (exact) mass is 276 g/mol. The molecule has 2 N–H and O–H groups in total. The van der Waals surface area contributed by atoms with Crippen molar-refractivity contribution in [2.75, 3.05) is 11.9 Å². The summed E-state index contributed by atoms with van der Waals surface area (Å²) in [6, 6.07) is 0.668. The van der Waals surface area contributed by atoms with E-state index in [9.17, 15) is 9.59 Å². The Morgan fingerprint density at radius 1 is 1.35 bits per heavy atom. The zero-order valence-electron chi connectivity index (χ0n) is 11.2. The molecule has 0 aliphatic heterocycles. The fraction of sp³-hybridized carbons (Fsp3) is 0.818. The second-order valence-electron chi connectivity index (χ2n) is 5.07. The molecule has 17 heavy (non-hydrogen) atoms. The van der Waals surface area contributed by atoms with Gasteiger partial charge in [0, 0.05) is 18.8 Å². The quantitative estimate of drug-likeness (QED) is 0.483. The Morgan fingerprint density at radius 3 is 2.35 bits per heavy atom. The molecule has 0 saturated heterocycles. The molecule has 0 aromatic rings. The van der Waals surface area contributed by atoms with Crippen molar-refractivity contribution < 1.29 is 9.59 Å². The maximum Gasteiger partial charge on any atom is 0.243 e. The van der Waals surface area contributed by atoms with Crippen molar-refractivity contribution in [2.45, 2.75) is 45.4 Å². The van der Waals surface area contributed by atoms with Crippen molar-refractivity contribution in [2.24, 2.45) is 0 Å². The van der Waals surface area contributed by atoms with Crippen molar-refractivity contribution in [3.63, 3.8) is 0 Å². The van der Waals surface area contributed by atoms with E-state index in [1.807, 2.05) is 0 Å². The van der Waals surface area contributed by atoms with Crippen LogP contribution >= 0.6 is 12.6 Å². The zero-order valence-corrected chi connectivity index (χ0v) is 13.1. The minimum atomic E-state index is -1.33. The minimum Gasteiger partial charge on any atom is -0.357 e. The lowest BCUT2D eigenvalue weighted by Gasteiger charge is -2.23. The number of carbonyl (C=O) groups is 2. The molecule has 6 heteroatoms. The molecule has 1 atom stereocenters. The third-order valence-corrected chi connectivity index (χ3v) is 5.90. The van der Waals surface area contributed by atoms with E-state index in [2.05, 4.69) is 43.3 Å². The average Bonchev–Trinajstić information content (AvgIpc) is 2.22. The van der Waals surface area contributed by atoms with Gasteiger partial charge in [0.1, 0.15) is 6.04 Å². The summed E-state index contributed by atoms with van der Waals surface area (Å²) in [5.41, 5.74) is 0. The lowest BCUT2D eigenvalue weighted by Crippen LogP contribution is -2.51. The highest BCUT2D eigenvalue weighted by atomic mass is 32.1. The highest BCUT2D eigenvalue weighted by molar-refractivity contribution is 7.80. The molecule has 2 amide bonds. The predicted molar refractivity (Wildman–Crippen MR) is 77.0 cm³/mol. The lowest BCUT2D eigenvalue weighted by atomic mass is 10.3. The van der Waals surface area contributed by atoms with Crippen LogP contribution in [-0.4, -0.2) is 37.9 Å². The Hall–Kier alpha value is -0.493. The first kappa shape index (κ1) is 16.5. The number of hydrogen-bond donors (Lipinski definition) is 3. The Kier molecular flexibility index (Phi) is 7.54. The number of nitrogens with one attached hydrogen (secondary N) is 2. The van der Waals surface area contributed by atoms with Crippen LogP contribution in [0.25, 0.3) is 0 Å². The van der Waals surface area contributed by atoms with Gasteiger partial charge in [0.2, 0.25) is 11.8 Å². The molecule has 0 radical (unpaired) electrons. The first-order chi connectivity index (χ1) is 7.82. The molecule has 0 spiro atoms. The fourth-order valence-electron chi connectivity index (χ4n) is 1.65. The average molecular weight is 276 g/mol. The van der Waals surface area contributed by atoms with E-state index in [0.717, 1.165) is 12.6 Å². The van der Waals surface area contributed by atoms with Crippen LogP contribution in [0.5, 0.6) is 0 Å². The first-order valence-electron chi connectivity index (χ1n) is 5.98. The van der Waals surface area contributed by atoms with Crippen molar-refractivity contribution in [3.05, 3.63) is 0 Å². The highest BCUT2D eigenvalue weighted by Crippen LogP contribution is 2.10. The summed E-state index contributed by atoms with van der Waals surface area (Å²) >= 11 is 4.07. The van der Waals surface area contributed by atoms with Gasteiger partial charge in [0.15, 0.2) is 0 Å². The molecule has 0 aromatic heterocycles. The highest BCUT2D eigenvalue weighted by Gasteiger charge is 2.23. The number of amides is 2. The van der Waals surface area contributed by atoms with Crippen molar-refractivity contribution >= 4 is 32.5 Å². The topological polar surface area (TPSA) is 58.2 Å². The molecule has 0 fully saturated rings. The van der Waals surface area contributed by atoms with Gasteiger partial charge < -0.3 is 10.6 Å². The molecular weight excluding hydrogens is 252 g/mol. The van der Waals surface area contributed by atoms with Gasteiger partial charge in [-0.3, -0.25) is 9.59 Å². The lowest BCUT2D eigenvalue weighted by molar-refractivity contribution is -0.127. The van der Waals surface area contributed by atoms with E-state index in [1.54, 1.807) is 0 Å². The van der Waals surface area contributed by atoms with Crippen molar-refractivity contribution in [1.29, 1.82) is 0 Å². The number of thiol groups is 1. The summed E-state index contributed by atoms with van der Waals surface area (Å²) < 4.78 is 0. The third kappa shape index (κ3) is 7.43. The van der Waals surface area contributed by atoms with Crippen LogP contribution in [0.15, 0.2) is 0 Å². The van der Waals surface area contributed by atoms with Crippen molar-refractivity contribution in [3.8, 4) is 0 Å². The van der Waals surface area contributed by atoms with Crippen LogP contribution in [0.1, 0.15) is 20.3 Å². The van der Waals surface area contributed by atoms with E-state index in [4.69, 9.17) is 0 Å². The third-order valence-electron chi connectivity index (χ3n) is 2.54. The van der Waals surface area contributed by atoms with Crippen molar-refractivity contribution in [1.82, 2.24) is 10.6 Å². The Labute approximate surface area is 110 Å². The van der Waals surface area contributed by atoms with Gasteiger partial charge >= 0.3 is 0 Å². The normalized spacial score (nSPS) is 13.0. The summed E-state index contributed by atoms with van der Waals surface area (Å²) in [6.45, 7) is 8.07. The van der Waals surface area contributed by atoms with Crippen LogP contribution in [0.3, 0.4) is 0 Å². The molecule has 0 bridgehead atoms. The zero-order chi connectivity index (χ0) is 13.5. The summed E-state index contributed by atoms with van der Waals surface area (Å²) in [7, 11) is -1.33. The second kappa shape index (κ2) is 7.76. The van der Waals surface area contributed by atoms with Gasteiger partial charge in [-0.05, 0) is 0 Å². The van der Waals surface area contributed by atoms with Crippen LogP contribution in [0.2, 0.25) is 19.1 Å². The van der Waals surface area contributed by atoms with Crippen LogP contribution in [0.4, 0.5) is 0 Å². The molecular formula is C11H24N2O2SSi. The van der Waals surface area contributed by atoms with Gasteiger partial charge in [0.25, 0.3) is 0 Å². The number of rotatable bonds is 7. The van der Waals surface area contributed by atoms with Gasteiger partial charge in [-0.15, -0.1) is 0 Å². The van der Waals surface area contributed by atoms with E-state index in [0.29, 0.717) is 5.75 Å². The van der Waals surface area contributed by atoms with E-state index in [1.165, 1.54) is 13.0 Å². The van der Waals surface area contributed by atoms with E-state index in [-0.39, 0.29) is 11.8 Å². The molecule has 4 nitrogen and oxygen atoms in total. The molecule has 0 unspecified atom stereocenters. The largest absolute Gasteiger partial charge is 0.357 e. The van der Waals surface area contributed by atoms with Crippen LogP contribution < -0.4 is 10.6 Å². The standard InChI is InChI=1S/C11H24N2O2SSi/c1-5-6-17(3,4)8-12-11(15)10(7-16)13-9(2)14/h10,16H,5-8H2,1-4H3,(H,12,15)(H,13,14)/t10-/m0/s1. The minimum absolute atomic E-state index is 0.133. The molecule has 0 saturated carbocycles. The summed E-state index contributed by atoms with van der Waals surface area (Å²) in [4.78, 5) is 22.7. The summed E-state index contributed by atoms with van der Waals surface area (Å²) in [5, 5.41) is 5.51. The fourth-order valence-corrected chi connectivity index (χ4v) is 4.09. The Bertz CT molecular complexity index is 272. The summed E-state index contributed by atoms with van der Waals surface area (Å²) in [5.74, 6) is -0.0163. The second-order valence-corrected chi connectivity index (χ2v) is 10.6. The number of hydrogen-bond acceptors (Lipinski definition) is 3. The molecule has 0 heterocycles. The Balaban J connectivity index is 4.19. The molecule has 0 aromatic carbocycles. The maximum atomic E-state index is 11.8. The van der Waals surface area contributed by atoms with Gasteiger partial charge in [-0.2, -0.15) is 12.6 Å². The van der Waals surface area contributed by atoms with E-state index < -0.39 is 14.1 Å². The molecule has 0 rings (SSSR count). The molecule has 100 valence electrons. The van der Waals surface area contributed by atoms with Gasteiger partial charge in [0.05, 0.1) is 8.07 Å². The molecule has 0 aliphatic rings. The van der Waals surface area contributed by atoms with Gasteiger partial charge in [-0.1, -0.05) is 32.5 Å². The van der Waals surface area contributed by atoms with E-state index >= 15 is 0 Å². The SMILES string of the molecule is CCC[Si](C)(C)CNC(=O)[C@H](CS)NC(C)=O. The smallest absolute Gasteiger partial charge is 0.243 e. The molecule has 0 aliphatic carbocycles. The summed E-state index contributed by atoms with van der Waals surface area (Å²) in [6.07, 6.45) is 1.90. The maximum absolute atomic E-state index is 11.8. The van der Waals surface area contributed by atoms with Gasteiger partial charge in [-0.25, -0.2) is 0 Å². The Morgan fingerprint density at radius 2 is 1.94 bits per heavy atom. The first-order valence-corrected chi connectivity index (χ1v) is 10.0. The van der Waals surface area contributed by atoms with Crippen LogP contribution in [0, 0.1) is 0 Å². The predicted octanol–water partition coefficient (Wildman–Crippen LogP) is 1.19. The van der Waals surface area contributed by atoms with Crippen LogP contribution in [-0.2, 0) is 9.59 Å². The number of carbonyl (C=O) groups excluding carboxylic acids is 2.